The number of rotatable bonds is 5. The Labute approximate surface area is 93.8 Å². The lowest BCUT2D eigenvalue weighted by Crippen LogP contribution is -2.16. The molecule has 1 heteroatoms. The molecule has 0 bridgehead atoms. The number of nitrogens with zero attached hydrogens (tertiary/aromatic N) is 1. The van der Waals surface area contributed by atoms with Crippen molar-refractivity contribution in [2.24, 2.45) is 17.8 Å². The van der Waals surface area contributed by atoms with Gasteiger partial charge in [0.15, 0.2) is 0 Å². The van der Waals surface area contributed by atoms with Gasteiger partial charge >= 0.3 is 0 Å². The van der Waals surface area contributed by atoms with Crippen molar-refractivity contribution in [1.29, 1.82) is 5.26 Å². The van der Waals surface area contributed by atoms with Crippen molar-refractivity contribution in [3.8, 4) is 6.07 Å². The van der Waals surface area contributed by atoms with Crippen LogP contribution in [0, 0.1) is 29.1 Å². The molecule has 0 aliphatic heterocycles. The fraction of sp³-hybridized carbons (Fsp3) is 0.571. The predicted octanol–water partition coefficient (Wildman–Crippen LogP) is 4.10. The van der Waals surface area contributed by atoms with E-state index in [4.69, 9.17) is 5.26 Å². The molecule has 0 heterocycles. The topological polar surface area (TPSA) is 23.8 Å². The van der Waals surface area contributed by atoms with Crippen LogP contribution in [0.15, 0.2) is 30.0 Å². The average Bonchev–Trinajstić information content (AvgIpc) is 2.27. The second kappa shape index (κ2) is 7.10. The van der Waals surface area contributed by atoms with E-state index in [-0.39, 0.29) is 5.92 Å². The summed E-state index contributed by atoms with van der Waals surface area (Å²) in [6.45, 7) is 11.9. The zero-order valence-electron chi connectivity index (χ0n) is 10.2. The molecule has 82 valence electrons. The average molecular weight is 203 g/mol. The maximum Gasteiger partial charge on any atom is 0.0659 e. The van der Waals surface area contributed by atoms with Gasteiger partial charge in [-0.25, -0.2) is 0 Å². The van der Waals surface area contributed by atoms with Crippen LogP contribution in [-0.4, -0.2) is 0 Å². The molecule has 0 rings (SSSR count). The molecule has 3 atom stereocenters. The monoisotopic (exact) mass is 203 g/mol. The van der Waals surface area contributed by atoms with E-state index in [0.717, 1.165) is 12.0 Å². The van der Waals surface area contributed by atoms with Crippen LogP contribution >= 0.6 is 0 Å². The minimum atomic E-state index is 0.0637. The Bertz CT molecular complexity index is 300. The lowest BCUT2D eigenvalue weighted by atomic mass is 9.82. The van der Waals surface area contributed by atoms with Crippen molar-refractivity contribution < 1.29 is 0 Å². The van der Waals surface area contributed by atoms with Gasteiger partial charge in [-0.15, -0.1) is 5.73 Å². The van der Waals surface area contributed by atoms with Crippen molar-refractivity contribution >= 4 is 0 Å². The van der Waals surface area contributed by atoms with E-state index >= 15 is 0 Å². The molecule has 0 N–H and O–H groups in total. The fourth-order valence-electron chi connectivity index (χ4n) is 1.52. The molecule has 0 aliphatic rings. The SMILES string of the molecule is C=C=C(C)C=CC(C(C)C#N)C(C)CC. The summed E-state index contributed by atoms with van der Waals surface area (Å²) in [5.74, 6) is 0.922. The van der Waals surface area contributed by atoms with E-state index in [2.05, 4.69) is 38.3 Å². The molecule has 15 heavy (non-hydrogen) atoms. The highest BCUT2D eigenvalue weighted by molar-refractivity contribution is 5.16. The molecule has 0 aliphatic carbocycles. The molecule has 0 fully saturated rings. The first-order valence-electron chi connectivity index (χ1n) is 5.51. The summed E-state index contributed by atoms with van der Waals surface area (Å²) >= 11 is 0. The van der Waals surface area contributed by atoms with Crippen LogP contribution < -0.4 is 0 Å². The van der Waals surface area contributed by atoms with E-state index in [9.17, 15) is 0 Å². The second-order valence-electron chi connectivity index (χ2n) is 4.10. The number of nitriles is 1. The highest BCUT2D eigenvalue weighted by Gasteiger charge is 2.19. The van der Waals surface area contributed by atoms with E-state index in [1.54, 1.807) is 0 Å². The third-order valence-corrected chi connectivity index (χ3v) is 2.93. The van der Waals surface area contributed by atoms with Gasteiger partial charge in [-0.05, 0) is 31.3 Å². The predicted molar refractivity (Wildman–Crippen MR) is 65.2 cm³/mol. The summed E-state index contributed by atoms with van der Waals surface area (Å²) in [6.07, 6.45) is 5.23. The molecular weight excluding hydrogens is 182 g/mol. The third kappa shape index (κ3) is 4.68. The van der Waals surface area contributed by atoms with Gasteiger partial charge in [0.2, 0.25) is 0 Å². The third-order valence-electron chi connectivity index (χ3n) is 2.93. The van der Waals surface area contributed by atoms with Crippen LogP contribution in [0.25, 0.3) is 0 Å². The van der Waals surface area contributed by atoms with E-state index < -0.39 is 0 Å². The molecule has 0 aromatic carbocycles. The van der Waals surface area contributed by atoms with Crippen molar-refractivity contribution in [1.82, 2.24) is 0 Å². The minimum Gasteiger partial charge on any atom is -0.198 e. The molecule has 0 aromatic rings. The van der Waals surface area contributed by atoms with Crippen LogP contribution in [0.5, 0.6) is 0 Å². The van der Waals surface area contributed by atoms with E-state index in [0.29, 0.717) is 11.8 Å². The summed E-state index contributed by atoms with van der Waals surface area (Å²) in [6, 6.07) is 2.33. The first-order chi connectivity index (χ1) is 7.06. The Hall–Kier alpha value is -1.25. The van der Waals surface area contributed by atoms with Gasteiger partial charge in [-0.2, -0.15) is 5.26 Å². The largest absolute Gasteiger partial charge is 0.198 e. The molecule has 1 nitrogen and oxygen atoms in total. The lowest BCUT2D eigenvalue weighted by molar-refractivity contribution is 0.355. The van der Waals surface area contributed by atoms with Crippen LogP contribution in [-0.2, 0) is 0 Å². The number of hydrogen-bond acceptors (Lipinski definition) is 1. The van der Waals surface area contributed by atoms with Gasteiger partial charge in [0, 0.05) is 0 Å². The Morgan fingerprint density at radius 3 is 2.47 bits per heavy atom. The quantitative estimate of drug-likeness (QED) is 0.487. The Balaban J connectivity index is 4.74. The van der Waals surface area contributed by atoms with Gasteiger partial charge in [0.1, 0.15) is 0 Å². The molecule has 0 saturated carbocycles. The fourth-order valence-corrected chi connectivity index (χ4v) is 1.52. The van der Waals surface area contributed by atoms with Crippen molar-refractivity contribution in [2.75, 3.05) is 0 Å². The van der Waals surface area contributed by atoms with Crippen LogP contribution in [0.4, 0.5) is 0 Å². The van der Waals surface area contributed by atoms with Crippen LogP contribution in [0.2, 0.25) is 0 Å². The van der Waals surface area contributed by atoms with Crippen LogP contribution in [0.1, 0.15) is 34.1 Å². The zero-order valence-corrected chi connectivity index (χ0v) is 10.2. The highest BCUT2D eigenvalue weighted by atomic mass is 14.3. The Morgan fingerprint density at radius 2 is 2.07 bits per heavy atom. The summed E-state index contributed by atoms with van der Waals surface area (Å²) in [4.78, 5) is 0. The van der Waals surface area contributed by atoms with Crippen molar-refractivity contribution in [3.05, 3.63) is 30.0 Å². The first-order valence-corrected chi connectivity index (χ1v) is 5.51. The number of allylic oxidation sites excluding steroid dienone is 3. The van der Waals surface area contributed by atoms with Crippen molar-refractivity contribution in [3.63, 3.8) is 0 Å². The van der Waals surface area contributed by atoms with Gasteiger partial charge in [-0.3, -0.25) is 0 Å². The summed E-state index contributed by atoms with van der Waals surface area (Å²) < 4.78 is 0. The van der Waals surface area contributed by atoms with Gasteiger partial charge in [0.05, 0.1) is 12.0 Å². The first kappa shape index (κ1) is 13.8. The molecule has 0 amide bonds. The Morgan fingerprint density at radius 1 is 1.47 bits per heavy atom. The lowest BCUT2D eigenvalue weighted by Gasteiger charge is -2.21. The maximum atomic E-state index is 8.95. The normalized spacial score (nSPS) is 16.5. The highest BCUT2D eigenvalue weighted by Crippen LogP contribution is 2.25. The van der Waals surface area contributed by atoms with Gasteiger partial charge < -0.3 is 0 Å². The number of hydrogen-bond donors (Lipinski definition) is 0. The van der Waals surface area contributed by atoms with E-state index in [1.807, 2.05) is 19.9 Å². The van der Waals surface area contributed by atoms with Crippen LogP contribution in [0.3, 0.4) is 0 Å². The minimum absolute atomic E-state index is 0.0637. The molecule has 0 spiro atoms. The molecular formula is C14H21N. The van der Waals surface area contributed by atoms with Gasteiger partial charge in [-0.1, -0.05) is 39.0 Å². The molecule has 0 radical (unpaired) electrons. The van der Waals surface area contributed by atoms with Crippen molar-refractivity contribution in [2.45, 2.75) is 34.1 Å². The molecule has 0 aromatic heterocycles. The molecule has 3 unspecified atom stereocenters. The zero-order chi connectivity index (χ0) is 11.8. The maximum absolute atomic E-state index is 8.95. The second-order valence-corrected chi connectivity index (χ2v) is 4.10. The smallest absolute Gasteiger partial charge is 0.0659 e. The standard InChI is InChI=1S/C14H21N/c1-6-11(3)8-9-14(12(4)7-2)13(5)10-15/h8-9,12-14H,1,7H2,2-5H3. The van der Waals surface area contributed by atoms with Gasteiger partial charge in [0.25, 0.3) is 0 Å². The van der Waals surface area contributed by atoms with E-state index in [1.165, 1.54) is 0 Å². The summed E-state index contributed by atoms with van der Waals surface area (Å²) in [5, 5.41) is 8.95. The Kier molecular flexibility index (Phi) is 6.50. The summed E-state index contributed by atoms with van der Waals surface area (Å²) in [7, 11) is 0. The summed E-state index contributed by atoms with van der Waals surface area (Å²) in [5.41, 5.74) is 3.85. The molecule has 0 saturated heterocycles.